The van der Waals surface area contributed by atoms with E-state index in [1.54, 1.807) is 0 Å². The summed E-state index contributed by atoms with van der Waals surface area (Å²) in [6.45, 7) is 3.12. The summed E-state index contributed by atoms with van der Waals surface area (Å²) in [6, 6.07) is 0.866. The molecule has 2 bridgehead atoms. The first-order chi connectivity index (χ1) is 14.6. The minimum absolute atomic E-state index is 0.0582. The summed E-state index contributed by atoms with van der Waals surface area (Å²) in [4.78, 5) is 31.0. The van der Waals surface area contributed by atoms with Gasteiger partial charge in [-0.3, -0.25) is 4.90 Å². The van der Waals surface area contributed by atoms with Crippen LogP contribution in [0.2, 0.25) is 0 Å². The molecule has 3 heterocycles. The molecule has 0 aromatic carbocycles. The zero-order valence-electron chi connectivity index (χ0n) is 18.4. The van der Waals surface area contributed by atoms with Crippen molar-refractivity contribution in [1.82, 2.24) is 15.1 Å². The molecule has 6 nitrogen and oxygen atoms in total. The number of amides is 2. The van der Waals surface area contributed by atoms with Crippen molar-refractivity contribution in [3.63, 3.8) is 0 Å². The number of carbonyl (C=O) groups excluding carboxylic acids is 2. The van der Waals surface area contributed by atoms with Crippen LogP contribution in [0.4, 0.5) is 4.79 Å². The molecular weight excluding hydrogens is 378 g/mol. The van der Waals surface area contributed by atoms with Crippen LogP contribution in [0.1, 0.15) is 70.6 Å². The van der Waals surface area contributed by atoms with Crippen molar-refractivity contribution in [3.05, 3.63) is 11.6 Å². The highest BCUT2D eigenvalue weighted by molar-refractivity contribution is 5.87. The molecule has 0 spiro atoms. The van der Waals surface area contributed by atoms with Crippen molar-refractivity contribution >= 4 is 12.0 Å². The van der Waals surface area contributed by atoms with Crippen LogP contribution in [0.15, 0.2) is 11.6 Å². The standard InChI is InChI=1S/C24H37N3O3/c1-30-22(28)24(10-4-2-5-11-24)25-23(29)27-13-7-8-17-14-18-15-19(21(17)27)16-26-12-6-3-9-20(18)26/h14,18-21H,2-13,15-16H2,1H3,(H,25,29)/t18-,19-,20-,21-/m0/s1. The average Bonchev–Trinajstić information content (AvgIpc) is 2.78. The number of hydrogen-bond donors (Lipinski definition) is 1. The van der Waals surface area contributed by atoms with Crippen molar-refractivity contribution < 1.29 is 14.3 Å². The predicted molar refractivity (Wildman–Crippen MR) is 115 cm³/mol. The van der Waals surface area contributed by atoms with E-state index in [4.69, 9.17) is 4.74 Å². The highest BCUT2D eigenvalue weighted by atomic mass is 16.5. The Kier molecular flexibility index (Phi) is 5.55. The maximum Gasteiger partial charge on any atom is 0.331 e. The quantitative estimate of drug-likeness (QED) is 0.554. The molecule has 166 valence electrons. The van der Waals surface area contributed by atoms with Gasteiger partial charge in [-0.25, -0.2) is 9.59 Å². The van der Waals surface area contributed by atoms with Crippen LogP contribution in [-0.4, -0.2) is 66.2 Å². The number of methoxy groups -OCH3 is 1. The molecular formula is C24H37N3O3. The predicted octanol–water partition coefficient (Wildman–Crippen LogP) is 3.47. The summed E-state index contributed by atoms with van der Waals surface area (Å²) >= 11 is 0. The lowest BCUT2D eigenvalue weighted by Crippen LogP contribution is -2.64. The number of piperidine rings is 3. The highest BCUT2D eigenvalue weighted by Gasteiger charge is 2.49. The minimum atomic E-state index is -0.840. The Morgan fingerprint density at radius 1 is 1.10 bits per heavy atom. The van der Waals surface area contributed by atoms with Crippen LogP contribution in [0.5, 0.6) is 0 Å². The van der Waals surface area contributed by atoms with E-state index in [9.17, 15) is 9.59 Å². The van der Waals surface area contributed by atoms with E-state index in [1.807, 2.05) is 0 Å². The smallest absolute Gasteiger partial charge is 0.331 e. The molecule has 30 heavy (non-hydrogen) atoms. The van der Waals surface area contributed by atoms with Gasteiger partial charge in [-0.15, -0.1) is 0 Å². The van der Waals surface area contributed by atoms with Crippen molar-refractivity contribution in [2.75, 3.05) is 26.7 Å². The zero-order valence-corrected chi connectivity index (χ0v) is 18.4. The minimum Gasteiger partial charge on any atom is -0.467 e. The van der Waals surface area contributed by atoms with Gasteiger partial charge in [-0.2, -0.15) is 0 Å². The molecule has 2 aliphatic carbocycles. The molecule has 0 unspecified atom stereocenters. The van der Waals surface area contributed by atoms with Gasteiger partial charge in [0.05, 0.1) is 13.2 Å². The van der Waals surface area contributed by atoms with Crippen molar-refractivity contribution in [1.29, 1.82) is 0 Å². The van der Waals surface area contributed by atoms with Crippen molar-refractivity contribution in [2.24, 2.45) is 11.8 Å². The number of likely N-dealkylation sites (tertiary alicyclic amines) is 1. The monoisotopic (exact) mass is 415 g/mol. The molecule has 1 N–H and O–H groups in total. The van der Waals surface area contributed by atoms with Gasteiger partial charge in [0.25, 0.3) is 0 Å². The highest BCUT2D eigenvalue weighted by Crippen LogP contribution is 2.45. The first kappa shape index (κ1) is 20.3. The maximum absolute atomic E-state index is 13.6. The van der Waals surface area contributed by atoms with Gasteiger partial charge in [-0.1, -0.05) is 37.3 Å². The molecule has 5 aliphatic rings. The third kappa shape index (κ3) is 3.45. The van der Waals surface area contributed by atoms with Gasteiger partial charge in [0.15, 0.2) is 0 Å². The van der Waals surface area contributed by atoms with Crippen LogP contribution in [0.25, 0.3) is 0 Å². The number of fused-ring (bicyclic) bond motifs is 6. The fourth-order valence-corrected chi connectivity index (χ4v) is 7.21. The number of ether oxygens (including phenoxy) is 1. The van der Waals surface area contributed by atoms with E-state index in [1.165, 1.54) is 44.9 Å². The Morgan fingerprint density at radius 2 is 1.93 bits per heavy atom. The van der Waals surface area contributed by atoms with Crippen LogP contribution >= 0.6 is 0 Å². The Balaban J connectivity index is 1.37. The van der Waals surface area contributed by atoms with Crippen LogP contribution in [0.3, 0.4) is 0 Å². The largest absolute Gasteiger partial charge is 0.467 e. The molecule has 3 aliphatic heterocycles. The molecule has 2 amide bonds. The third-order valence-corrected chi connectivity index (χ3v) is 8.55. The maximum atomic E-state index is 13.6. The fourth-order valence-electron chi connectivity index (χ4n) is 7.21. The Morgan fingerprint density at radius 3 is 2.73 bits per heavy atom. The van der Waals surface area contributed by atoms with E-state index in [0.717, 1.165) is 51.2 Å². The molecule has 5 rings (SSSR count). The lowest BCUT2D eigenvalue weighted by Gasteiger charge is -2.55. The summed E-state index contributed by atoms with van der Waals surface area (Å²) < 4.78 is 5.12. The van der Waals surface area contributed by atoms with Crippen molar-refractivity contribution in [3.8, 4) is 0 Å². The van der Waals surface area contributed by atoms with Gasteiger partial charge < -0.3 is 15.0 Å². The van der Waals surface area contributed by atoms with E-state index in [2.05, 4.69) is 21.2 Å². The van der Waals surface area contributed by atoms with Gasteiger partial charge in [0, 0.05) is 19.1 Å². The second kappa shape index (κ2) is 8.18. The Hall–Kier alpha value is -1.56. The number of esters is 1. The Labute approximate surface area is 180 Å². The van der Waals surface area contributed by atoms with Crippen molar-refractivity contribution in [2.45, 2.75) is 88.3 Å². The lowest BCUT2D eigenvalue weighted by atomic mass is 9.68. The van der Waals surface area contributed by atoms with Crippen LogP contribution in [0, 0.1) is 11.8 Å². The molecule has 0 radical (unpaired) electrons. The summed E-state index contributed by atoms with van der Waals surface area (Å²) in [5, 5.41) is 3.19. The van der Waals surface area contributed by atoms with E-state index >= 15 is 0 Å². The number of nitrogens with zero attached hydrogens (tertiary/aromatic N) is 2. The summed E-state index contributed by atoms with van der Waals surface area (Å²) in [5.41, 5.74) is 0.645. The summed E-state index contributed by atoms with van der Waals surface area (Å²) in [6.07, 6.45) is 14.3. The topological polar surface area (TPSA) is 61.9 Å². The molecule has 6 heteroatoms. The van der Waals surface area contributed by atoms with E-state index in [0.29, 0.717) is 24.7 Å². The molecule has 0 aromatic heterocycles. The molecule has 4 atom stereocenters. The summed E-state index contributed by atoms with van der Waals surface area (Å²) in [5.74, 6) is 0.912. The normalized spacial score (nSPS) is 35.5. The van der Waals surface area contributed by atoms with Gasteiger partial charge in [-0.05, 0) is 63.3 Å². The van der Waals surface area contributed by atoms with Crippen LogP contribution in [-0.2, 0) is 9.53 Å². The zero-order chi connectivity index (χ0) is 20.7. The number of carbonyl (C=O) groups is 2. The number of rotatable bonds is 2. The average molecular weight is 416 g/mol. The van der Waals surface area contributed by atoms with E-state index in [-0.39, 0.29) is 18.0 Å². The first-order valence-electron chi connectivity index (χ1n) is 12.2. The number of nitrogens with one attached hydrogen (secondary N) is 1. The fraction of sp³-hybridized carbons (Fsp3) is 0.833. The van der Waals surface area contributed by atoms with Crippen LogP contribution < -0.4 is 5.32 Å². The SMILES string of the molecule is COC(=O)C1(NC(=O)N2CCCC3=C[C@H]4C[C@@H](CN5CCCC[C@@H]45)[C@H]32)CCCCC1. The lowest BCUT2D eigenvalue weighted by molar-refractivity contribution is -0.149. The summed E-state index contributed by atoms with van der Waals surface area (Å²) in [7, 11) is 1.44. The second-order valence-electron chi connectivity index (χ2n) is 10.3. The number of urea groups is 1. The molecule has 3 saturated heterocycles. The van der Waals surface area contributed by atoms with Gasteiger partial charge in [0.1, 0.15) is 5.54 Å². The van der Waals surface area contributed by atoms with E-state index < -0.39 is 5.54 Å². The molecule has 0 aromatic rings. The third-order valence-electron chi connectivity index (χ3n) is 8.55. The second-order valence-corrected chi connectivity index (χ2v) is 10.3. The Bertz CT molecular complexity index is 714. The molecule has 4 fully saturated rings. The first-order valence-corrected chi connectivity index (χ1v) is 12.2. The molecule has 1 saturated carbocycles. The van der Waals surface area contributed by atoms with Gasteiger partial charge >= 0.3 is 12.0 Å². The number of hydrogen-bond acceptors (Lipinski definition) is 4. The van der Waals surface area contributed by atoms with Gasteiger partial charge in [0.2, 0.25) is 0 Å².